The van der Waals surface area contributed by atoms with Crippen molar-refractivity contribution in [2.24, 2.45) is 17.6 Å². The summed E-state index contributed by atoms with van der Waals surface area (Å²) in [5, 5.41) is 44.6. The van der Waals surface area contributed by atoms with Crippen molar-refractivity contribution in [3.8, 4) is 16.9 Å². The number of fused-ring (bicyclic) bond motifs is 3. The van der Waals surface area contributed by atoms with Gasteiger partial charge in [-0.2, -0.15) is 0 Å². The van der Waals surface area contributed by atoms with Crippen LogP contribution in [0.1, 0.15) is 39.6 Å². The molecule has 202 valence electrons. The van der Waals surface area contributed by atoms with Crippen LogP contribution in [-0.4, -0.2) is 74.3 Å². The normalized spacial score (nSPS) is 26.3. The van der Waals surface area contributed by atoms with E-state index in [-0.39, 0.29) is 35.5 Å². The number of ketones is 3. The van der Waals surface area contributed by atoms with Gasteiger partial charge >= 0.3 is 0 Å². The maximum absolute atomic E-state index is 13.8. The largest absolute Gasteiger partial charge is 0.510 e. The van der Waals surface area contributed by atoms with Gasteiger partial charge in [0.05, 0.1) is 11.6 Å². The molecule has 0 aliphatic heterocycles. The monoisotopic (exact) mass is 532 g/mol. The highest BCUT2D eigenvalue weighted by Crippen LogP contribution is 2.53. The van der Waals surface area contributed by atoms with Crippen LogP contribution in [0.2, 0.25) is 0 Å². The number of nitrogens with two attached hydrogens (primary N) is 1. The number of aromatic hydroxyl groups is 1. The highest BCUT2D eigenvalue weighted by molar-refractivity contribution is 6.25. The number of rotatable bonds is 4. The van der Waals surface area contributed by atoms with Crippen molar-refractivity contribution >= 4 is 23.3 Å². The molecule has 5 rings (SSSR count). The van der Waals surface area contributed by atoms with Crippen molar-refractivity contribution in [1.82, 2.24) is 4.90 Å². The van der Waals surface area contributed by atoms with Crippen molar-refractivity contribution in [2.75, 3.05) is 14.1 Å². The number of aliphatic hydroxyl groups is 3. The number of carbonyl (C=O) groups excluding carboxylic acids is 4. The summed E-state index contributed by atoms with van der Waals surface area (Å²) in [6, 6.07) is 8.78. The highest BCUT2D eigenvalue weighted by atomic mass is 16.3. The second-order valence-corrected chi connectivity index (χ2v) is 10.6. The van der Waals surface area contributed by atoms with E-state index in [4.69, 9.17) is 5.73 Å². The Hall–Kier alpha value is -4.28. The molecule has 3 aliphatic rings. The number of carbonyl (C=O) groups is 4. The molecule has 1 amide bonds. The lowest BCUT2D eigenvalue weighted by Gasteiger charge is -2.50. The minimum Gasteiger partial charge on any atom is -0.510 e. The predicted molar refractivity (Wildman–Crippen MR) is 139 cm³/mol. The van der Waals surface area contributed by atoms with Gasteiger partial charge < -0.3 is 26.2 Å². The van der Waals surface area contributed by atoms with E-state index in [1.165, 1.54) is 17.9 Å². The van der Waals surface area contributed by atoms with Gasteiger partial charge in [0.15, 0.2) is 17.2 Å². The number of phenolic OH excluding ortho intramolecular Hbond substituents is 1. The number of benzene rings is 2. The summed E-state index contributed by atoms with van der Waals surface area (Å²) < 4.78 is 0. The summed E-state index contributed by atoms with van der Waals surface area (Å²) in [6.07, 6.45) is 0.177. The van der Waals surface area contributed by atoms with Gasteiger partial charge in [0, 0.05) is 17.1 Å². The maximum Gasteiger partial charge on any atom is 0.255 e. The van der Waals surface area contributed by atoms with Gasteiger partial charge in [-0.05, 0) is 62.5 Å². The van der Waals surface area contributed by atoms with Crippen LogP contribution in [0, 0.1) is 11.8 Å². The molecule has 2 aromatic rings. The Morgan fingerprint density at radius 2 is 1.67 bits per heavy atom. The molecule has 39 heavy (non-hydrogen) atoms. The molecule has 0 aromatic heterocycles. The molecule has 0 saturated heterocycles. The van der Waals surface area contributed by atoms with Crippen molar-refractivity contribution in [3.63, 3.8) is 0 Å². The first-order chi connectivity index (χ1) is 18.3. The lowest BCUT2D eigenvalue weighted by atomic mass is 9.58. The lowest BCUT2D eigenvalue weighted by Crippen LogP contribution is -2.63. The van der Waals surface area contributed by atoms with E-state index in [1.54, 1.807) is 44.4 Å². The SMILES string of the molecule is CC(=O)c1ccc(-c2ccc(O)c3c2CC2CC4C(N(C)C)C(O)=C(C(N)=O)C(=O)C4(O)C(O)=C2C3=O)cc1. The molecule has 0 saturated carbocycles. The number of phenols is 1. The first-order valence-electron chi connectivity index (χ1n) is 12.4. The van der Waals surface area contributed by atoms with E-state index < -0.39 is 58.0 Å². The summed E-state index contributed by atoms with van der Waals surface area (Å²) >= 11 is 0. The number of allylic oxidation sites excluding steroid dienone is 1. The first-order valence-corrected chi connectivity index (χ1v) is 12.4. The van der Waals surface area contributed by atoms with Gasteiger partial charge in [-0.3, -0.25) is 24.1 Å². The molecule has 2 aromatic carbocycles. The molecule has 0 spiro atoms. The van der Waals surface area contributed by atoms with Crippen LogP contribution < -0.4 is 5.73 Å². The van der Waals surface area contributed by atoms with Crippen LogP contribution in [0.25, 0.3) is 11.1 Å². The average Bonchev–Trinajstić information content (AvgIpc) is 2.86. The molecule has 10 heteroatoms. The quantitative estimate of drug-likeness (QED) is 0.291. The molecule has 4 atom stereocenters. The summed E-state index contributed by atoms with van der Waals surface area (Å²) in [6.45, 7) is 1.46. The number of likely N-dealkylation sites (N-methyl/N-ethyl adjacent to an activating group) is 1. The molecule has 6 N–H and O–H groups in total. The van der Waals surface area contributed by atoms with Gasteiger partial charge in [-0.25, -0.2) is 0 Å². The van der Waals surface area contributed by atoms with Gasteiger partial charge in [0.1, 0.15) is 22.8 Å². The average molecular weight is 533 g/mol. The van der Waals surface area contributed by atoms with Crippen molar-refractivity contribution < 1.29 is 39.6 Å². The third-order valence-electron chi connectivity index (χ3n) is 8.21. The third-order valence-corrected chi connectivity index (χ3v) is 8.21. The molecular formula is C29H28N2O8. The smallest absolute Gasteiger partial charge is 0.255 e. The Balaban J connectivity index is 1.70. The van der Waals surface area contributed by atoms with Crippen LogP contribution in [0.4, 0.5) is 0 Å². The molecule has 0 fully saturated rings. The Morgan fingerprint density at radius 1 is 1.03 bits per heavy atom. The Bertz CT molecular complexity index is 1540. The van der Waals surface area contributed by atoms with Crippen LogP contribution >= 0.6 is 0 Å². The fraction of sp³-hybridized carbons (Fsp3) is 0.310. The van der Waals surface area contributed by atoms with Gasteiger partial charge in [-0.15, -0.1) is 0 Å². The van der Waals surface area contributed by atoms with Crippen LogP contribution in [-0.2, 0) is 16.0 Å². The van der Waals surface area contributed by atoms with Crippen molar-refractivity contribution in [1.29, 1.82) is 0 Å². The Morgan fingerprint density at radius 3 is 2.23 bits per heavy atom. The third kappa shape index (κ3) is 3.63. The number of hydrogen-bond acceptors (Lipinski definition) is 9. The second kappa shape index (κ2) is 8.89. The van der Waals surface area contributed by atoms with Crippen LogP contribution in [0.3, 0.4) is 0 Å². The van der Waals surface area contributed by atoms with E-state index in [0.29, 0.717) is 22.3 Å². The minimum absolute atomic E-state index is 0.00410. The maximum atomic E-state index is 13.8. The fourth-order valence-corrected chi connectivity index (χ4v) is 6.41. The first kappa shape index (κ1) is 26.3. The van der Waals surface area contributed by atoms with Crippen molar-refractivity contribution in [2.45, 2.75) is 31.4 Å². The topological polar surface area (TPSA) is 178 Å². The molecule has 0 radical (unpaired) electrons. The molecule has 4 unspecified atom stereocenters. The molecule has 0 heterocycles. The number of primary amides is 1. The molecule has 10 nitrogen and oxygen atoms in total. The zero-order valence-corrected chi connectivity index (χ0v) is 21.6. The second-order valence-electron chi connectivity index (χ2n) is 10.6. The van der Waals surface area contributed by atoms with Gasteiger partial charge in [0.25, 0.3) is 5.91 Å². The summed E-state index contributed by atoms with van der Waals surface area (Å²) in [4.78, 5) is 52.5. The highest BCUT2D eigenvalue weighted by Gasteiger charge is 2.63. The van der Waals surface area contributed by atoms with Crippen LogP contribution in [0.5, 0.6) is 5.75 Å². The van der Waals surface area contributed by atoms with Crippen LogP contribution in [0.15, 0.2) is 59.1 Å². The number of hydrogen-bond donors (Lipinski definition) is 5. The zero-order valence-electron chi connectivity index (χ0n) is 21.6. The Labute approximate surface area is 223 Å². The van der Waals surface area contributed by atoms with E-state index in [2.05, 4.69) is 0 Å². The van der Waals surface area contributed by atoms with E-state index in [9.17, 15) is 39.6 Å². The minimum atomic E-state index is -2.68. The summed E-state index contributed by atoms with van der Waals surface area (Å²) in [7, 11) is 3.16. The molecule has 3 aliphatic carbocycles. The molecular weight excluding hydrogens is 504 g/mol. The van der Waals surface area contributed by atoms with E-state index >= 15 is 0 Å². The zero-order chi connectivity index (χ0) is 28.5. The Kier molecular flexibility index (Phi) is 6.00. The number of amides is 1. The van der Waals surface area contributed by atoms with Gasteiger partial charge in [-0.1, -0.05) is 30.3 Å². The summed E-state index contributed by atoms with van der Waals surface area (Å²) in [5.74, 6) is -7.02. The summed E-state index contributed by atoms with van der Waals surface area (Å²) in [5.41, 5.74) is 3.94. The predicted octanol–water partition coefficient (Wildman–Crippen LogP) is 1.99. The fourth-order valence-electron chi connectivity index (χ4n) is 6.41. The van der Waals surface area contributed by atoms with E-state index in [1.807, 2.05) is 0 Å². The van der Waals surface area contributed by atoms with E-state index in [0.717, 1.165) is 0 Å². The van der Waals surface area contributed by atoms with Gasteiger partial charge in [0.2, 0.25) is 5.78 Å². The van der Waals surface area contributed by atoms with Crippen molar-refractivity contribution in [3.05, 3.63) is 75.8 Å². The number of nitrogens with zero attached hydrogens (tertiary/aromatic N) is 1. The molecule has 0 bridgehead atoms. The number of Topliss-reactive ketones (excluding diaryl/α,β-unsaturated/α-hetero) is 3. The lowest BCUT2D eigenvalue weighted by molar-refractivity contribution is -0.148. The standard InChI is InChI=1S/C29H28N2O8/c1-12(32)13-4-6-14(7-5-13)16-8-9-19(33)21-17(16)10-15-11-18-23(31(2)3)25(35)22(28(30)38)27(37)29(18,39)26(36)20(15)24(21)34/h4-9,15,18,23,33,35-36,39H,10-11H2,1-3H3,(H2,30,38). The number of aliphatic hydroxyl groups excluding tert-OH is 2.